The fourth-order valence-electron chi connectivity index (χ4n) is 0. The van der Waals surface area contributed by atoms with Crippen LogP contribution in [0.4, 0.5) is 0 Å². The van der Waals surface area contributed by atoms with Gasteiger partial charge in [0.2, 0.25) is 0 Å². The van der Waals surface area contributed by atoms with Crippen LogP contribution in [0.5, 0.6) is 0 Å². The molecule has 0 rings (SSSR count). The van der Waals surface area contributed by atoms with E-state index >= 15 is 0 Å². The van der Waals surface area contributed by atoms with E-state index < -0.39 is 0 Å². The van der Waals surface area contributed by atoms with Gasteiger partial charge in [0.15, 0.2) is 0 Å². The Morgan fingerprint density at radius 3 is 0.636 bits per heavy atom. The number of rotatable bonds is 0. The largest absolute Gasteiger partial charge is 2.00 e. The maximum Gasteiger partial charge on any atom is 2.00 e. The van der Waals surface area contributed by atoms with Gasteiger partial charge in [-0.3, -0.25) is 0 Å². The topological polar surface area (TPSA) is 0 Å². The van der Waals surface area contributed by atoms with Crippen LogP contribution in [-0.4, -0.2) is 0 Å². The van der Waals surface area contributed by atoms with Crippen molar-refractivity contribution >= 4 is 0 Å². The molecule has 0 amide bonds. The van der Waals surface area contributed by atoms with Gasteiger partial charge in [0.05, 0.1) is 0 Å². The maximum atomic E-state index is 3.77. The van der Waals surface area contributed by atoms with E-state index in [-0.39, 0.29) is 27.9 Å². The van der Waals surface area contributed by atoms with Crippen molar-refractivity contribution in [2.24, 2.45) is 10.8 Å². The fourth-order valence-corrected chi connectivity index (χ4v) is 0. The van der Waals surface area contributed by atoms with Crippen molar-refractivity contribution < 1.29 is 17.1 Å². The van der Waals surface area contributed by atoms with Gasteiger partial charge in [-0.05, 0) is 0 Å². The summed E-state index contributed by atoms with van der Waals surface area (Å²) in [5.41, 5.74) is 0.500. The molecule has 11 heavy (non-hydrogen) atoms. The van der Waals surface area contributed by atoms with Crippen LogP contribution in [0.15, 0.2) is 0 Å². The number of hydrogen-bond donors (Lipinski definition) is 0. The van der Waals surface area contributed by atoms with Gasteiger partial charge in [-0.25, -0.2) is 0 Å². The van der Waals surface area contributed by atoms with Gasteiger partial charge in [0.1, 0.15) is 0 Å². The van der Waals surface area contributed by atoms with Crippen LogP contribution < -0.4 is 0 Å². The first-order valence-electron chi connectivity index (χ1n) is 3.71. The summed E-state index contributed by atoms with van der Waals surface area (Å²) in [4.78, 5) is 0. The van der Waals surface area contributed by atoms with Gasteiger partial charge in [0.25, 0.3) is 0 Å². The molecule has 0 aliphatic heterocycles. The molecule has 1 heteroatoms. The Kier molecular flexibility index (Phi) is 9.71. The first-order valence-corrected chi connectivity index (χ1v) is 3.71. The molecule has 0 spiro atoms. The van der Waals surface area contributed by atoms with Crippen molar-refractivity contribution in [3.63, 3.8) is 0 Å². The zero-order chi connectivity index (χ0) is 9.00. The molecule has 0 saturated heterocycles. The SMILES string of the molecule is [CH2-]C(C)(C)C.[CH2-]C(C)(C)C.[Mn+2]. The van der Waals surface area contributed by atoms with E-state index in [0.29, 0.717) is 0 Å². The Bertz CT molecular complexity index is 47.9. The van der Waals surface area contributed by atoms with Crippen molar-refractivity contribution in [3.8, 4) is 0 Å². The Morgan fingerprint density at radius 2 is 0.636 bits per heavy atom. The van der Waals surface area contributed by atoms with Gasteiger partial charge >= 0.3 is 17.1 Å². The Morgan fingerprint density at radius 1 is 0.636 bits per heavy atom. The Labute approximate surface area is 83.6 Å². The third-order valence-electron chi connectivity index (χ3n) is 0. The van der Waals surface area contributed by atoms with E-state index in [1.54, 1.807) is 0 Å². The summed E-state index contributed by atoms with van der Waals surface area (Å²) in [6, 6.07) is 0. The minimum atomic E-state index is 0. The van der Waals surface area contributed by atoms with E-state index in [4.69, 9.17) is 0 Å². The second-order valence-corrected chi connectivity index (χ2v) is 5.12. The monoisotopic (exact) mass is 197 g/mol. The predicted molar refractivity (Wildman–Crippen MR) is 49.6 cm³/mol. The molecule has 0 N–H and O–H groups in total. The van der Waals surface area contributed by atoms with Crippen LogP contribution >= 0.6 is 0 Å². The van der Waals surface area contributed by atoms with Crippen LogP contribution in [-0.2, 0) is 17.1 Å². The molecule has 0 atom stereocenters. The molecular weight excluding hydrogens is 175 g/mol. The fraction of sp³-hybridized carbons (Fsp3) is 0.800. The molecule has 1 radical (unpaired) electrons. The summed E-state index contributed by atoms with van der Waals surface area (Å²) in [7, 11) is 0. The predicted octanol–water partition coefficient (Wildman–Crippen LogP) is 3.73. The molecule has 0 nitrogen and oxygen atoms in total. The zero-order valence-electron chi connectivity index (χ0n) is 8.79. The standard InChI is InChI=1S/2C5H11.Mn/c2*1-5(2,3)4;/h2*1H2,2-4H3;/q2*-1;+2. The van der Waals surface area contributed by atoms with Crippen molar-refractivity contribution in [2.45, 2.75) is 41.5 Å². The third-order valence-corrected chi connectivity index (χ3v) is 0. The van der Waals surface area contributed by atoms with Crippen LogP contribution in [0.1, 0.15) is 41.5 Å². The minimum absolute atomic E-state index is 0. The summed E-state index contributed by atoms with van der Waals surface area (Å²) in [6.45, 7) is 20.0. The van der Waals surface area contributed by atoms with Crippen molar-refractivity contribution in [2.75, 3.05) is 0 Å². The molecule has 0 fully saturated rings. The molecule has 0 heterocycles. The second-order valence-electron chi connectivity index (χ2n) is 5.12. The van der Waals surface area contributed by atoms with E-state index in [1.165, 1.54) is 0 Å². The summed E-state index contributed by atoms with van der Waals surface area (Å²) in [5, 5.41) is 0. The Balaban J connectivity index is -0.000000107. The smallest absolute Gasteiger partial charge is 0.338 e. The van der Waals surface area contributed by atoms with Gasteiger partial charge in [-0.15, -0.1) is 0 Å². The van der Waals surface area contributed by atoms with Crippen molar-refractivity contribution in [1.82, 2.24) is 0 Å². The van der Waals surface area contributed by atoms with Gasteiger partial charge < -0.3 is 13.8 Å². The van der Waals surface area contributed by atoms with Crippen LogP contribution in [0.25, 0.3) is 0 Å². The molecular formula is C10H22Mn. The molecule has 0 aromatic heterocycles. The maximum absolute atomic E-state index is 3.77. The number of hydrogen-bond acceptors (Lipinski definition) is 0. The molecule has 69 valence electrons. The zero-order valence-corrected chi connectivity index (χ0v) is 9.97. The van der Waals surface area contributed by atoms with Crippen molar-refractivity contribution in [3.05, 3.63) is 13.8 Å². The van der Waals surface area contributed by atoms with Crippen LogP contribution in [0.3, 0.4) is 0 Å². The van der Waals surface area contributed by atoms with Crippen molar-refractivity contribution in [1.29, 1.82) is 0 Å². The quantitative estimate of drug-likeness (QED) is 0.410. The van der Waals surface area contributed by atoms with E-state index in [1.807, 2.05) is 0 Å². The summed E-state index contributed by atoms with van der Waals surface area (Å²) < 4.78 is 0. The summed E-state index contributed by atoms with van der Waals surface area (Å²) >= 11 is 0. The first kappa shape index (κ1) is 17.6. The summed E-state index contributed by atoms with van der Waals surface area (Å²) in [5.74, 6) is 0. The normalized spacial score (nSPS) is 10.9. The molecule has 0 unspecified atom stereocenters. The molecule has 0 aromatic rings. The van der Waals surface area contributed by atoms with Crippen LogP contribution in [0, 0.1) is 24.7 Å². The first-order chi connectivity index (χ1) is 4.00. The van der Waals surface area contributed by atoms with E-state index in [0.717, 1.165) is 0 Å². The molecule has 0 aliphatic rings. The average molecular weight is 197 g/mol. The van der Waals surface area contributed by atoms with Gasteiger partial charge in [-0.1, -0.05) is 41.5 Å². The molecule has 0 bridgehead atoms. The third kappa shape index (κ3) is 2830. The molecule has 0 aliphatic carbocycles. The van der Waals surface area contributed by atoms with Crippen LogP contribution in [0.2, 0.25) is 0 Å². The Hall–Kier alpha value is 0.519. The van der Waals surface area contributed by atoms with E-state index in [9.17, 15) is 0 Å². The average Bonchev–Trinajstić information content (AvgIpc) is 1.12. The second kappa shape index (κ2) is 6.08. The van der Waals surface area contributed by atoms with E-state index in [2.05, 4.69) is 55.4 Å². The van der Waals surface area contributed by atoms with Gasteiger partial charge in [0, 0.05) is 0 Å². The molecule has 0 saturated carbocycles. The van der Waals surface area contributed by atoms with Gasteiger partial charge in [-0.2, -0.15) is 10.8 Å². The summed E-state index contributed by atoms with van der Waals surface area (Å²) in [6.07, 6.45) is 0. The minimum Gasteiger partial charge on any atom is -0.338 e. The molecule has 0 aromatic carbocycles.